The minimum absolute atomic E-state index is 0.297. The fourth-order valence-electron chi connectivity index (χ4n) is 2.04. The Kier molecular flexibility index (Phi) is 5.73. The van der Waals surface area contributed by atoms with Gasteiger partial charge in [-0.1, -0.05) is 29.3 Å². The van der Waals surface area contributed by atoms with E-state index in [0.717, 1.165) is 21.0 Å². The summed E-state index contributed by atoms with van der Waals surface area (Å²) in [7, 11) is 0. The van der Waals surface area contributed by atoms with E-state index in [1.165, 1.54) is 0 Å². The summed E-state index contributed by atoms with van der Waals surface area (Å²) in [5, 5.41) is 5.29. The van der Waals surface area contributed by atoms with E-state index < -0.39 is 0 Å². The van der Waals surface area contributed by atoms with Gasteiger partial charge in [0.2, 0.25) is 0 Å². The molecule has 0 radical (unpaired) electrons. The van der Waals surface area contributed by atoms with E-state index >= 15 is 0 Å². The van der Waals surface area contributed by atoms with Crippen molar-refractivity contribution in [2.75, 3.05) is 11.9 Å². The number of halogens is 2. The maximum absolute atomic E-state index is 12.1. The van der Waals surface area contributed by atoms with Gasteiger partial charge in [0.15, 0.2) is 0 Å². The number of carbonyl (C=O) groups excluding carboxylic acids is 1. The summed E-state index contributed by atoms with van der Waals surface area (Å²) in [6, 6.07) is 5.37. The molecule has 1 aromatic heterocycles. The lowest BCUT2D eigenvalue weighted by Gasteiger charge is -2.09. The molecule has 2 rings (SSSR count). The van der Waals surface area contributed by atoms with Crippen LogP contribution in [0.15, 0.2) is 18.2 Å². The van der Waals surface area contributed by atoms with Crippen molar-refractivity contribution in [1.29, 1.82) is 0 Å². The third-order valence-corrected chi connectivity index (χ3v) is 5.07. The smallest absolute Gasteiger partial charge is 0.341 e. The lowest BCUT2D eigenvalue weighted by molar-refractivity contribution is 0.0527. The molecule has 0 amide bonds. The van der Waals surface area contributed by atoms with Crippen LogP contribution in [-0.2, 0) is 11.3 Å². The van der Waals surface area contributed by atoms with E-state index in [-0.39, 0.29) is 5.97 Å². The summed E-state index contributed by atoms with van der Waals surface area (Å²) in [4.78, 5) is 13.2. The van der Waals surface area contributed by atoms with Crippen LogP contribution in [0.25, 0.3) is 0 Å². The molecule has 22 heavy (non-hydrogen) atoms. The third-order valence-electron chi connectivity index (χ3n) is 3.32. The Hall–Kier alpha value is -1.23. The quantitative estimate of drug-likeness (QED) is 0.721. The molecule has 1 aromatic carbocycles. The normalized spacial score (nSPS) is 10.6. The van der Waals surface area contributed by atoms with Crippen LogP contribution in [0.1, 0.15) is 33.3 Å². The predicted octanol–water partition coefficient (Wildman–Crippen LogP) is 5.46. The van der Waals surface area contributed by atoms with Gasteiger partial charge in [0.1, 0.15) is 5.00 Å². The van der Waals surface area contributed by atoms with Crippen LogP contribution in [0.5, 0.6) is 0 Å². The molecule has 0 saturated heterocycles. The van der Waals surface area contributed by atoms with Crippen LogP contribution in [0.2, 0.25) is 10.0 Å². The highest BCUT2D eigenvalue weighted by Gasteiger charge is 2.20. The molecule has 0 unspecified atom stereocenters. The largest absolute Gasteiger partial charge is 0.462 e. The first-order valence-corrected chi connectivity index (χ1v) is 8.46. The van der Waals surface area contributed by atoms with Gasteiger partial charge in [0.25, 0.3) is 0 Å². The van der Waals surface area contributed by atoms with Crippen LogP contribution in [0.3, 0.4) is 0 Å². The number of benzene rings is 1. The first-order chi connectivity index (χ1) is 10.4. The van der Waals surface area contributed by atoms with Crippen LogP contribution in [0.4, 0.5) is 5.00 Å². The van der Waals surface area contributed by atoms with Gasteiger partial charge in [-0.15, -0.1) is 11.3 Å². The van der Waals surface area contributed by atoms with Crippen LogP contribution < -0.4 is 5.32 Å². The molecule has 0 fully saturated rings. The fourth-order valence-corrected chi connectivity index (χ4v) is 3.56. The molecule has 2 aromatic rings. The van der Waals surface area contributed by atoms with E-state index in [1.807, 2.05) is 19.9 Å². The van der Waals surface area contributed by atoms with E-state index in [2.05, 4.69) is 5.32 Å². The van der Waals surface area contributed by atoms with Crippen molar-refractivity contribution in [2.24, 2.45) is 0 Å². The highest BCUT2D eigenvalue weighted by molar-refractivity contribution is 7.16. The Morgan fingerprint density at radius 1 is 1.32 bits per heavy atom. The lowest BCUT2D eigenvalue weighted by atomic mass is 10.1. The predicted molar refractivity (Wildman–Crippen MR) is 93.5 cm³/mol. The van der Waals surface area contributed by atoms with Crippen LogP contribution >= 0.6 is 34.5 Å². The molecule has 0 aliphatic carbocycles. The average molecular weight is 358 g/mol. The minimum atomic E-state index is -0.297. The number of aryl methyl sites for hydroxylation is 1. The highest BCUT2D eigenvalue weighted by atomic mass is 35.5. The van der Waals surface area contributed by atoms with Crippen molar-refractivity contribution >= 4 is 45.5 Å². The summed E-state index contributed by atoms with van der Waals surface area (Å²) >= 11 is 13.6. The fraction of sp³-hybridized carbons (Fsp3) is 0.312. The molecule has 0 aliphatic rings. The van der Waals surface area contributed by atoms with Crippen molar-refractivity contribution in [1.82, 2.24) is 0 Å². The molecule has 1 heterocycles. The number of nitrogens with one attached hydrogen (secondary N) is 1. The second kappa shape index (κ2) is 7.36. The number of rotatable bonds is 5. The maximum atomic E-state index is 12.1. The second-order valence-corrected chi connectivity index (χ2v) is 6.87. The zero-order valence-corrected chi connectivity index (χ0v) is 15.0. The SMILES string of the molecule is CCOC(=O)c1c(NCc2ccc(Cl)cc2Cl)sc(C)c1C. The molecule has 6 heteroatoms. The van der Waals surface area contributed by atoms with E-state index in [4.69, 9.17) is 27.9 Å². The summed E-state index contributed by atoms with van der Waals surface area (Å²) in [5.74, 6) is -0.297. The number of thiophene rings is 1. The molecular formula is C16H17Cl2NO2S. The average Bonchev–Trinajstić information content (AvgIpc) is 2.73. The summed E-state index contributed by atoms with van der Waals surface area (Å²) in [6.07, 6.45) is 0. The van der Waals surface area contributed by atoms with E-state index in [0.29, 0.717) is 28.8 Å². The maximum Gasteiger partial charge on any atom is 0.341 e. The van der Waals surface area contributed by atoms with Crippen molar-refractivity contribution in [3.63, 3.8) is 0 Å². The topological polar surface area (TPSA) is 38.3 Å². The van der Waals surface area contributed by atoms with Gasteiger partial charge in [-0.2, -0.15) is 0 Å². The molecule has 0 spiro atoms. The van der Waals surface area contributed by atoms with Gasteiger partial charge in [0, 0.05) is 21.5 Å². The monoisotopic (exact) mass is 357 g/mol. The van der Waals surface area contributed by atoms with Gasteiger partial charge in [-0.25, -0.2) is 4.79 Å². The summed E-state index contributed by atoms with van der Waals surface area (Å²) in [5.41, 5.74) is 2.48. The van der Waals surface area contributed by atoms with Crippen molar-refractivity contribution in [2.45, 2.75) is 27.3 Å². The number of esters is 1. The summed E-state index contributed by atoms with van der Waals surface area (Å²) < 4.78 is 5.14. The molecule has 0 bridgehead atoms. The molecule has 118 valence electrons. The van der Waals surface area contributed by atoms with Crippen LogP contribution in [0, 0.1) is 13.8 Å². The molecule has 0 saturated carbocycles. The van der Waals surface area contributed by atoms with E-state index in [9.17, 15) is 4.79 Å². The van der Waals surface area contributed by atoms with Gasteiger partial charge < -0.3 is 10.1 Å². The standard InChI is InChI=1S/C16H17Cl2NO2S/c1-4-21-16(20)14-9(2)10(3)22-15(14)19-8-11-5-6-12(17)7-13(11)18/h5-7,19H,4,8H2,1-3H3. The number of hydrogen-bond donors (Lipinski definition) is 1. The first kappa shape index (κ1) is 17.1. The number of hydrogen-bond acceptors (Lipinski definition) is 4. The van der Waals surface area contributed by atoms with Gasteiger partial charge in [-0.05, 0) is 44.0 Å². The lowest BCUT2D eigenvalue weighted by Crippen LogP contribution is -2.09. The number of ether oxygens (including phenoxy) is 1. The number of anilines is 1. The zero-order valence-electron chi connectivity index (χ0n) is 12.6. The first-order valence-electron chi connectivity index (χ1n) is 6.89. The van der Waals surface area contributed by atoms with E-state index in [1.54, 1.807) is 30.4 Å². The minimum Gasteiger partial charge on any atom is -0.462 e. The Bertz CT molecular complexity index is 698. The highest BCUT2D eigenvalue weighted by Crippen LogP contribution is 2.34. The molecular weight excluding hydrogens is 341 g/mol. The second-order valence-electron chi connectivity index (χ2n) is 4.80. The molecule has 0 atom stereocenters. The molecule has 1 N–H and O–H groups in total. The zero-order chi connectivity index (χ0) is 16.3. The Labute approximate surface area is 144 Å². The van der Waals surface area contributed by atoms with Crippen molar-refractivity contribution in [3.05, 3.63) is 49.8 Å². The summed E-state index contributed by atoms with van der Waals surface area (Å²) in [6.45, 7) is 6.59. The number of carbonyl (C=O) groups is 1. The van der Waals surface area contributed by atoms with Gasteiger partial charge in [0.05, 0.1) is 12.2 Å². The Morgan fingerprint density at radius 3 is 2.68 bits per heavy atom. The molecule has 3 nitrogen and oxygen atoms in total. The van der Waals surface area contributed by atoms with Gasteiger partial charge in [-0.3, -0.25) is 0 Å². The van der Waals surface area contributed by atoms with Crippen LogP contribution in [-0.4, -0.2) is 12.6 Å². The Morgan fingerprint density at radius 2 is 2.05 bits per heavy atom. The van der Waals surface area contributed by atoms with Crippen molar-refractivity contribution in [3.8, 4) is 0 Å². The van der Waals surface area contributed by atoms with Crippen molar-refractivity contribution < 1.29 is 9.53 Å². The Balaban J connectivity index is 2.22. The van der Waals surface area contributed by atoms with Gasteiger partial charge >= 0.3 is 5.97 Å². The molecule has 0 aliphatic heterocycles. The third kappa shape index (κ3) is 3.75.